The molecule has 1 rings (SSSR count). The van der Waals surface area contributed by atoms with Gasteiger partial charge < -0.3 is 5.11 Å². The summed E-state index contributed by atoms with van der Waals surface area (Å²) in [5, 5.41) is 9.67. The predicted molar refractivity (Wildman–Crippen MR) is 52.0 cm³/mol. The molecule has 72 valence electrons. The molecule has 0 aromatic heterocycles. The molecule has 1 nitrogen and oxygen atoms in total. The van der Waals surface area contributed by atoms with Crippen LogP contribution in [0.4, 0.5) is 0 Å². The average molecular weight is 170 g/mol. The molecule has 0 amide bonds. The molecule has 0 saturated heterocycles. The van der Waals surface area contributed by atoms with Gasteiger partial charge in [-0.1, -0.05) is 27.2 Å². The van der Waals surface area contributed by atoms with E-state index in [0.29, 0.717) is 5.92 Å². The molecule has 12 heavy (non-hydrogen) atoms. The molecule has 0 spiro atoms. The van der Waals surface area contributed by atoms with Gasteiger partial charge in [0, 0.05) is 0 Å². The van der Waals surface area contributed by atoms with Gasteiger partial charge in [-0.05, 0) is 37.0 Å². The van der Waals surface area contributed by atoms with Crippen LogP contribution < -0.4 is 0 Å². The lowest BCUT2D eigenvalue weighted by molar-refractivity contribution is 0.0360. The minimum absolute atomic E-state index is 0.00926. The first-order valence-electron chi connectivity index (χ1n) is 5.33. The van der Waals surface area contributed by atoms with Crippen molar-refractivity contribution in [2.45, 2.75) is 52.6 Å². The Morgan fingerprint density at radius 2 is 2.00 bits per heavy atom. The van der Waals surface area contributed by atoms with Crippen LogP contribution in [-0.2, 0) is 0 Å². The first kappa shape index (κ1) is 10.0. The molecule has 0 aromatic carbocycles. The van der Waals surface area contributed by atoms with Crippen LogP contribution in [-0.4, -0.2) is 11.2 Å². The average Bonchev–Trinajstić information content (AvgIpc) is 2.05. The summed E-state index contributed by atoms with van der Waals surface area (Å²) < 4.78 is 0. The van der Waals surface area contributed by atoms with E-state index in [4.69, 9.17) is 0 Å². The van der Waals surface area contributed by atoms with E-state index in [-0.39, 0.29) is 6.10 Å². The third kappa shape index (κ3) is 2.22. The molecular weight excluding hydrogens is 148 g/mol. The Labute approximate surface area is 76.2 Å². The van der Waals surface area contributed by atoms with Crippen LogP contribution >= 0.6 is 0 Å². The standard InChI is InChI=1S/C11H22O/c1-4-9-7-10(8(2)3)5-6-11(9)12/h8-12H,4-7H2,1-3H3. The lowest BCUT2D eigenvalue weighted by Gasteiger charge is -2.34. The minimum atomic E-state index is -0.00926. The lowest BCUT2D eigenvalue weighted by Crippen LogP contribution is -2.30. The Kier molecular flexibility index (Phi) is 3.57. The molecule has 1 aliphatic carbocycles. The van der Waals surface area contributed by atoms with Crippen LogP contribution in [0.25, 0.3) is 0 Å². The summed E-state index contributed by atoms with van der Waals surface area (Å²) in [6, 6.07) is 0. The molecule has 3 unspecified atom stereocenters. The fourth-order valence-electron chi connectivity index (χ4n) is 2.33. The van der Waals surface area contributed by atoms with E-state index in [1.165, 1.54) is 12.8 Å². The van der Waals surface area contributed by atoms with Crippen LogP contribution in [0.5, 0.6) is 0 Å². The van der Waals surface area contributed by atoms with Crippen molar-refractivity contribution in [3.05, 3.63) is 0 Å². The largest absolute Gasteiger partial charge is 0.393 e. The molecule has 3 atom stereocenters. The van der Waals surface area contributed by atoms with Crippen LogP contribution in [0.1, 0.15) is 46.5 Å². The van der Waals surface area contributed by atoms with Crippen molar-refractivity contribution in [3.8, 4) is 0 Å². The molecule has 1 heteroatoms. The maximum atomic E-state index is 9.67. The topological polar surface area (TPSA) is 20.2 Å². The molecule has 0 radical (unpaired) electrons. The van der Waals surface area contributed by atoms with Crippen LogP contribution in [0.2, 0.25) is 0 Å². The second-order valence-electron chi connectivity index (χ2n) is 4.55. The highest BCUT2D eigenvalue weighted by Crippen LogP contribution is 2.35. The molecule has 0 aliphatic heterocycles. The van der Waals surface area contributed by atoms with Crippen molar-refractivity contribution in [2.24, 2.45) is 17.8 Å². The maximum Gasteiger partial charge on any atom is 0.0568 e. The van der Waals surface area contributed by atoms with E-state index >= 15 is 0 Å². The van der Waals surface area contributed by atoms with E-state index in [2.05, 4.69) is 20.8 Å². The van der Waals surface area contributed by atoms with E-state index < -0.39 is 0 Å². The Bertz CT molecular complexity index is 131. The van der Waals surface area contributed by atoms with Gasteiger partial charge in [-0.3, -0.25) is 0 Å². The van der Waals surface area contributed by atoms with Gasteiger partial charge >= 0.3 is 0 Å². The first-order chi connectivity index (χ1) is 5.65. The van der Waals surface area contributed by atoms with Gasteiger partial charge in [0.25, 0.3) is 0 Å². The second kappa shape index (κ2) is 4.27. The van der Waals surface area contributed by atoms with E-state index in [0.717, 1.165) is 24.7 Å². The zero-order valence-electron chi connectivity index (χ0n) is 8.59. The summed E-state index contributed by atoms with van der Waals surface area (Å²) >= 11 is 0. The zero-order chi connectivity index (χ0) is 9.14. The molecule has 1 N–H and O–H groups in total. The summed E-state index contributed by atoms with van der Waals surface area (Å²) in [6.45, 7) is 6.79. The zero-order valence-corrected chi connectivity index (χ0v) is 8.59. The third-order valence-electron chi connectivity index (χ3n) is 3.45. The van der Waals surface area contributed by atoms with Crippen LogP contribution in [0.15, 0.2) is 0 Å². The summed E-state index contributed by atoms with van der Waals surface area (Å²) in [6.07, 6.45) is 4.64. The van der Waals surface area contributed by atoms with Crippen molar-refractivity contribution < 1.29 is 5.11 Å². The molecule has 0 heterocycles. The minimum Gasteiger partial charge on any atom is -0.393 e. The third-order valence-corrected chi connectivity index (χ3v) is 3.45. The van der Waals surface area contributed by atoms with E-state index in [9.17, 15) is 5.11 Å². The fraction of sp³-hybridized carbons (Fsp3) is 1.00. The maximum absolute atomic E-state index is 9.67. The van der Waals surface area contributed by atoms with Crippen molar-refractivity contribution in [2.75, 3.05) is 0 Å². The highest BCUT2D eigenvalue weighted by Gasteiger charge is 2.28. The molecule has 1 saturated carbocycles. The Hall–Kier alpha value is -0.0400. The highest BCUT2D eigenvalue weighted by molar-refractivity contribution is 4.80. The van der Waals surface area contributed by atoms with Gasteiger partial charge in [0.1, 0.15) is 0 Å². The van der Waals surface area contributed by atoms with Crippen molar-refractivity contribution in [1.29, 1.82) is 0 Å². The van der Waals surface area contributed by atoms with Gasteiger partial charge in [0.05, 0.1) is 6.10 Å². The van der Waals surface area contributed by atoms with Crippen molar-refractivity contribution in [1.82, 2.24) is 0 Å². The smallest absolute Gasteiger partial charge is 0.0568 e. The number of hydrogen-bond acceptors (Lipinski definition) is 1. The summed E-state index contributed by atoms with van der Waals surface area (Å²) in [5.41, 5.74) is 0. The molecule has 1 aliphatic rings. The second-order valence-corrected chi connectivity index (χ2v) is 4.55. The Morgan fingerprint density at radius 1 is 1.33 bits per heavy atom. The summed E-state index contributed by atoms with van der Waals surface area (Å²) in [5.74, 6) is 2.23. The lowest BCUT2D eigenvalue weighted by atomic mass is 9.74. The fourth-order valence-corrected chi connectivity index (χ4v) is 2.33. The normalized spacial score (nSPS) is 37.2. The quantitative estimate of drug-likeness (QED) is 0.675. The number of hydrogen-bond donors (Lipinski definition) is 1. The molecule has 0 bridgehead atoms. The molecule has 0 aromatic rings. The van der Waals surface area contributed by atoms with E-state index in [1.54, 1.807) is 0 Å². The first-order valence-corrected chi connectivity index (χ1v) is 5.33. The number of aliphatic hydroxyl groups excluding tert-OH is 1. The number of rotatable bonds is 2. The van der Waals surface area contributed by atoms with Crippen LogP contribution in [0, 0.1) is 17.8 Å². The predicted octanol–water partition coefficient (Wildman–Crippen LogP) is 2.83. The van der Waals surface area contributed by atoms with Crippen molar-refractivity contribution in [3.63, 3.8) is 0 Å². The molecule has 1 fully saturated rings. The van der Waals surface area contributed by atoms with Crippen molar-refractivity contribution >= 4 is 0 Å². The van der Waals surface area contributed by atoms with Gasteiger partial charge in [-0.25, -0.2) is 0 Å². The SMILES string of the molecule is CCC1CC(C(C)C)CCC1O. The summed E-state index contributed by atoms with van der Waals surface area (Å²) in [7, 11) is 0. The van der Waals surface area contributed by atoms with Gasteiger partial charge in [0.2, 0.25) is 0 Å². The van der Waals surface area contributed by atoms with Gasteiger partial charge in [0.15, 0.2) is 0 Å². The summed E-state index contributed by atoms with van der Waals surface area (Å²) in [4.78, 5) is 0. The Balaban J connectivity index is 2.44. The van der Waals surface area contributed by atoms with Gasteiger partial charge in [-0.15, -0.1) is 0 Å². The monoisotopic (exact) mass is 170 g/mol. The van der Waals surface area contributed by atoms with Crippen LogP contribution in [0.3, 0.4) is 0 Å². The van der Waals surface area contributed by atoms with Gasteiger partial charge in [-0.2, -0.15) is 0 Å². The Morgan fingerprint density at radius 3 is 2.50 bits per heavy atom. The number of aliphatic hydroxyl groups is 1. The highest BCUT2D eigenvalue weighted by atomic mass is 16.3. The molecular formula is C11H22O. The van der Waals surface area contributed by atoms with E-state index in [1.807, 2.05) is 0 Å².